The van der Waals surface area contributed by atoms with Crippen LogP contribution in [-0.2, 0) is 26.1 Å². The lowest BCUT2D eigenvalue weighted by Crippen LogP contribution is -2.37. The number of ether oxygens (including phenoxy) is 1. The average Bonchev–Trinajstić information content (AvgIpc) is 3.50. The summed E-state index contributed by atoms with van der Waals surface area (Å²) in [5.41, 5.74) is 4.61. The average molecular weight is 503 g/mol. The van der Waals surface area contributed by atoms with Gasteiger partial charge in [-0.2, -0.15) is 0 Å². The van der Waals surface area contributed by atoms with Crippen LogP contribution in [0.2, 0.25) is 0 Å². The number of sulfone groups is 1. The summed E-state index contributed by atoms with van der Waals surface area (Å²) in [7, 11) is -3.53. The third-order valence-electron chi connectivity index (χ3n) is 6.38. The Labute approximate surface area is 208 Å². The summed E-state index contributed by atoms with van der Waals surface area (Å²) in [5, 5.41) is 1.05. The second kappa shape index (κ2) is 9.03. The summed E-state index contributed by atoms with van der Waals surface area (Å²) < 4.78 is 33.9. The van der Waals surface area contributed by atoms with Crippen LogP contribution in [0.3, 0.4) is 0 Å². The third-order valence-corrected chi connectivity index (χ3v) is 7.85. The van der Waals surface area contributed by atoms with Gasteiger partial charge in [0.1, 0.15) is 11.5 Å². The van der Waals surface area contributed by atoms with Crippen LogP contribution in [0.4, 0.5) is 5.82 Å². The van der Waals surface area contributed by atoms with Gasteiger partial charge in [-0.1, -0.05) is 6.07 Å². The highest BCUT2D eigenvalue weighted by Gasteiger charge is 2.21. The van der Waals surface area contributed by atoms with Gasteiger partial charge in [0.25, 0.3) is 0 Å². The molecule has 1 fully saturated rings. The molecule has 5 heterocycles. The number of H-pyrrole nitrogens is 1. The fourth-order valence-corrected chi connectivity index (χ4v) is 5.90. The molecule has 10 heteroatoms. The molecule has 6 rings (SSSR count). The monoisotopic (exact) mass is 502 g/mol. The van der Waals surface area contributed by atoms with Crippen molar-refractivity contribution >= 4 is 32.2 Å². The van der Waals surface area contributed by atoms with Crippen molar-refractivity contribution in [1.29, 1.82) is 0 Å². The van der Waals surface area contributed by atoms with E-state index in [1.54, 1.807) is 12.3 Å². The first kappa shape index (κ1) is 22.7. The molecule has 1 N–H and O–H groups in total. The van der Waals surface area contributed by atoms with E-state index in [-0.39, 0.29) is 11.5 Å². The first-order valence-electron chi connectivity index (χ1n) is 11.9. The Morgan fingerprint density at radius 3 is 2.67 bits per heavy atom. The number of nitrogens with zero attached hydrogens (tertiary/aromatic N) is 5. The molecule has 0 spiro atoms. The molecule has 4 aromatic heterocycles. The van der Waals surface area contributed by atoms with E-state index in [9.17, 15) is 8.42 Å². The molecular weight excluding hydrogens is 476 g/mol. The maximum Gasteiger partial charge on any atom is 0.161 e. The number of aromatic amines is 1. The fourth-order valence-electron chi connectivity index (χ4n) is 4.61. The topological polar surface area (TPSA) is 105 Å². The Balaban J connectivity index is 1.34. The number of hydrogen-bond acceptors (Lipinski definition) is 7. The Hall–Kier alpha value is -3.76. The van der Waals surface area contributed by atoms with Gasteiger partial charge in [0.05, 0.1) is 36.1 Å². The van der Waals surface area contributed by atoms with E-state index in [1.807, 2.05) is 60.1 Å². The molecular formula is C26H26N6O3S. The van der Waals surface area contributed by atoms with Gasteiger partial charge in [-0.05, 0) is 42.8 Å². The quantitative estimate of drug-likeness (QED) is 0.379. The van der Waals surface area contributed by atoms with E-state index in [1.165, 1.54) is 0 Å². The van der Waals surface area contributed by atoms with E-state index >= 15 is 0 Å². The number of hydrogen-bond donors (Lipinski definition) is 1. The predicted octanol–water partition coefficient (Wildman–Crippen LogP) is 3.53. The molecule has 0 atom stereocenters. The van der Waals surface area contributed by atoms with Crippen LogP contribution in [0.15, 0.2) is 61.1 Å². The zero-order chi connectivity index (χ0) is 24.7. The zero-order valence-electron chi connectivity index (χ0n) is 19.9. The number of morpholine rings is 1. The number of imidazole rings is 1. The molecule has 9 nitrogen and oxygen atoms in total. The second-order valence-electron chi connectivity index (χ2n) is 9.11. The van der Waals surface area contributed by atoms with E-state index in [0.29, 0.717) is 49.3 Å². The number of aromatic nitrogens is 5. The van der Waals surface area contributed by atoms with E-state index in [0.717, 1.165) is 27.7 Å². The molecule has 0 radical (unpaired) electrons. The third kappa shape index (κ3) is 4.57. The van der Waals surface area contributed by atoms with Crippen molar-refractivity contribution < 1.29 is 13.2 Å². The van der Waals surface area contributed by atoms with Gasteiger partial charge in [-0.25, -0.2) is 23.4 Å². The number of fused-ring (bicyclic) bond motifs is 2. The fraction of sp³-hybridized carbons (Fsp3) is 0.269. The van der Waals surface area contributed by atoms with Gasteiger partial charge in [-0.15, -0.1) is 0 Å². The van der Waals surface area contributed by atoms with Gasteiger partial charge in [0, 0.05) is 54.2 Å². The summed E-state index contributed by atoms with van der Waals surface area (Å²) in [4.78, 5) is 19.3. The van der Waals surface area contributed by atoms with E-state index in [4.69, 9.17) is 9.72 Å². The first-order chi connectivity index (χ1) is 17.4. The minimum absolute atomic E-state index is 0.157. The van der Waals surface area contributed by atoms with Gasteiger partial charge in [0.2, 0.25) is 0 Å². The SMILES string of the molecule is Cc1cccn2cc(CS(=O)(=O)Cc3cc(N4CCOCC4)nc(-c4ccc5[nH]ccc5c4)n3)nc12. The van der Waals surface area contributed by atoms with Crippen molar-refractivity contribution in [2.75, 3.05) is 31.2 Å². The van der Waals surface area contributed by atoms with E-state index < -0.39 is 9.84 Å². The van der Waals surface area contributed by atoms with Crippen LogP contribution in [0, 0.1) is 6.92 Å². The van der Waals surface area contributed by atoms with Crippen LogP contribution in [0.1, 0.15) is 17.0 Å². The highest BCUT2D eigenvalue weighted by atomic mass is 32.2. The number of benzene rings is 1. The van der Waals surface area contributed by atoms with Crippen molar-refractivity contribution in [3.8, 4) is 11.4 Å². The Kier molecular flexibility index (Phi) is 5.69. The Morgan fingerprint density at radius 1 is 1.00 bits per heavy atom. The van der Waals surface area contributed by atoms with Crippen molar-refractivity contribution in [2.24, 2.45) is 0 Å². The van der Waals surface area contributed by atoms with Gasteiger partial charge in [0.15, 0.2) is 15.7 Å². The van der Waals surface area contributed by atoms with Crippen LogP contribution in [0.5, 0.6) is 0 Å². The lowest BCUT2D eigenvalue weighted by atomic mass is 10.1. The summed E-state index contributed by atoms with van der Waals surface area (Å²) in [6.07, 6.45) is 5.53. The number of rotatable bonds is 6. The molecule has 0 aliphatic carbocycles. The lowest BCUT2D eigenvalue weighted by Gasteiger charge is -2.28. The standard InChI is InChI=1S/C26H26N6O3S/c1-18-3-2-8-32-15-22(29-26(18)32)17-36(33,34)16-21-14-24(31-9-11-35-12-10-31)30-25(28-21)20-4-5-23-19(13-20)6-7-27-23/h2-8,13-15,27H,9-12,16-17H2,1H3. The molecule has 36 heavy (non-hydrogen) atoms. The molecule has 1 aromatic carbocycles. The predicted molar refractivity (Wildman–Crippen MR) is 139 cm³/mol. The van der Waals surface area contributed by atoms with Crippen LogP contribution in [0.25, 0.3) is 27.9 Å². The smallest absolute Gasteiger partial charge is 0.161 e. The van der Waals surface area contributed by atoms with E-state index in [2.05, 4.69) is 19.9 Å². The first-order valence-corrected chi connectivity index (χ1v) is 13.7. The highest BCUT2D eigenvalue weighted by Crippen LogP contribution is 2.26. The van der Waals surface area contributed by atoms with Gasteiger partial charge in [-0.3, -0.25) is 0 Å². The van der Waals surface area contributed by atoms with Gasteiger partial charge < -0.3 is 19.0 Å². The van der Waals surface area contributed by atoms with Gasteiger partial charge >= 0.3 is 0 Å². The maximum absolute atomic E-state index is 13.3. The molecule has 0 saturated carbocycles. The number of aryl methyl sites for hydroxylation is 1. The van der Waals surface area contributed by atoms with Crippen LogP contribution in [-0.4, -0.2) is 59.1 Å². The summed E-state index contributed by atoms with van der Waals surface area (Å²) in [5.74, 6) is 0.871. The second-order valence-corrected chi connectivity index (χ2v) is 11.2. The summed E-state index contributed by atoms with van der Waals surface area (Å²) in [6.45, 7) is 4.56. The lowest BCUT2D eigenvalue weighted by molar-refractivity contribution is 0.122. The normalized spacial score (nSPS) is 14.6. The number of nitrogens with one attached hydrogen (secondary N) is 1. The van der Waals surface area contributed by atoms with Crippen molar-refractivity contribution in [3.63, 3.8) is 0 Å². The molecule has 0 unspecified atom stereocenters. The minimum Gasteiger partial charge on any atom is -0.378 e. The van der Waals surface area contributed by atoms with Crippen molar-refractivity contribution in [3.05, 3.63) is 78.0 Å². The molecule has 0 bridgehead atoms. The summed E-state index contributed by atoms with van der Waals surface area (Å²) >= 11 is 0. The molecule has 184 valence electrons. The largest absolute Gasteiger partial charge is 0.378 e. The van der Waals surface area contributed by atoms with Crippen LogP contribution >= 0.6 is 0 Å². The number of pyridine rings is 1. The Morgan fingerprint density at radius 2 is 1.83 bits per heavy atom. The molecule has 1 saturated heterocycles. The highest BCUT2D eigenvalue weighted by molar-refractivity contribution is 7.89. The Bertz CT molecular complexity index is 1670. The zero-order valence-corrected chi connectivity index (χ0v) is 20.7. The van der Waals surface area contributed by atoms with Crippen LogP contribution < -0.4 is 4.90 Å². The summed E-state index contributed by atoms with van der Waals surface area (Å²) in [6, 6.07) is 13.6. The molecule has 0 amide bonds. The number of anilines is 1. The molecule has 5 aromatic rings. The molecule has 1 aliphatic rings. The van der Waals surface area contributed by atoms with Crippen molar-refractivity contribution in [1.82, 2.24) is 24.3 Å². The molecule has 1 aliphatic heterocycles. The van der Waals surface area contributed by atoms with Crippen molar-refractivity contribution in [2.45, 2.75) is 18.4 Å². The maximum atomic E-state index is 13.3. The minimum atomic E-state index is -3.53.